The van der Waals surface area contributed by atoms with Gasteiger partial charge in [0, 0.05) is 24.9 Å². The third-order valence-electron chi connectivity index (χ3n) is 3.31. The fourth-order valence-corrected chi connectivity index (χ4v) is 2.27. The number of hydrogen-bond acceptors (Lipinski definition) is 4. The van der Waals surface area contributed by atoms with Crippen molar-refractivity contribution < 1.29 is 9.53 Å². The Morgan fingerprint density at radius 3 is 2.95 bits per heavy atom. The minimum Gasteiger partial charge on any atom is -0.389 e. The van der Waals surface area contributed by atoms with Crippen LogP contribution in [0.3, 0.4) is 0 Å². The van der Waals surface area contributed by atoms with Crippen molar-refractivity contribution >= 4 is 23.1 Å². The minimum absolute atomic E-state index is 0.185. The first-order chi connectivity index (χ1) is 9.66. The van der Waals surface area contributed by atoms with Crippen LogP contribution < -0.4 is 11.1 Å². The van der Waals surface area contributed by atoms with Crippen LogP contribution in [-0.4, -0.2) is 35.1 Å². The highest BCUT2D eigenvalue weighted by atomic mass is 32.1. The molecule has 108 valence electrons. The Morgan fingerprint density at radius 2 is 2.35 bits per heavy atom. The Labute approximate surface area is 123 Å². The summed E-state index contributed by atoms with van der Waals surface area (Å²) >= 11 is 4.84. The number of carbonyl (C=O) groups is 1. The van der Waals surface area contributed by atoms with Crippen LogP contribution in [0.5, 0.6) is 0 Å². The summed E-state index contributed by atoms with van der Waals surface area (Å²) in [6.07, 6.45) is 6.06. The number of carbonyl (C=O) groups excluding carboxylic acids is 1. The number of rotatable bonds is 5. The van der Waals surface area contributed by atoms with E-state index in [1.165, 1.54) is 12.6 Å². The molecule has 0 bridgehead atoms. The highest BCUT2D eigenvalue weighted by Crippen LogP contribution is 2.14. The van der Waals surface area contributed by atoms with Gasteiger partial charge < -0.3 is 15.8 Å². The summed E-state index contributed by atoms with van der Waals surface area (Å²) in [7, 11) is 0. The van der Waals surface area contributed by atoms with Gasteiger partial charge in [0.15, 0.2) is 0 Å². The zero-order valence-electron chi connectivity index (χ0n) is 11.3. The zero-order chi connectivity index (χ0) is 14.4. The molecular formula is C14H19N3O2S. The Kier molecular flexibility index (Phi) is 5.43. The fourth-order valence-electron chi connectivity index (χ4n) is 2.15. The van der Waals surface area contributed by atoms with Crippen molar-refractivity contribution in [3.8, 4) is 0 Å². The van der Waals surface area contributed by atoms with Crippen molar-refractivity contribution in [2.75, 3.05) is 13.2 Å². The van der Waals surface area contributed by atoms with Crippen molar-refractivity contribution in [3.63, 3.8) is 0 Å². The second-order valence-corrected chi connectivity index (χ2v) is 5.27. The molecule has 0 saturated carbocycles. The Bertz CT molecular complexity index is 470. The molecule has 0 aromatic carbocycles. The highest BCUT2D eigenvalue weighted by Gasteiger charge is 2.14. The lowest BCUT2D eigenvalue weighted by molar-refractivity contribution is 0.0117. The average Bonchev–Trinajstić information content (AvgIpc) is 2.48. The van der Waals surface area contributed by atoms with Crippen LogP contribution >= 0.6 is 12.2 Å². The molecule has 5 nitrogen and oxygen atoms in total. The van der Waals surface area contributed by atoms with Gasteiger partial charge in [-0.05, 0) is 37.8 Å². The molecule has 1 aliphatic heterocycles. The number of hydrogen-bond donors (Lipinski definition) is 2. The van der Waals surface area contributed by atoms with E-state index in [9.17, 15) is 4.79 Å². The van der Waals surface area contributed by atoms with Gasteiger partial charge in [-0.25, -0.2) is 0 Å². The first kappa shape index (κ1) is 14.9. The van der Waals surface area contributed by atoms with Crippen molar-refractivity contribution in [1.82, 2.24) is 10.3 Å². The van der Waals surface area contributed by atoms with Crippen LogP contribution in [0.2, 0.25) is 0 Å². The van der Waals surface area contributed by atoms with Gasteiger partial charge in [0.25, 0.3) is 5.91 Å². The second kappa shape index (κ2) is 7.31. The maximum atomic E-state index is 11.9. The second-order valence-electron chi connectivity index (χ2n) is 4.83. The lowest BCUT2D eigenvalue weighted by Gasteiger charge is -2.22. The van der Waals surface area contributed by atoms with Gasteiger partial charge in [-0.15, -0.1) is 0 Å². The lowest BCUT2D eigenvalue weighted by atomic mass is 10.1. The number of pyridine rings is 1. The number of thiocarbonyl (C=S) groups is 1. The van der Waals surface area contributed by atoms with E-state index in [2.05, 4.69) is 10.3 Å². The summed E-state index contributed by atoms with van der Waals surface area (Å²) in [5.41, 5.74) is 6.51. The number of aromatic nitrogens is 1. The van der Waals surface area contributed by atoms with Crippen LogP contribution in [0.4, 0.5) is 0 Å². The van der Waals surface area contributed by atoms with E-state index >= 15 is 0 Å². The average molecular weight is 293 g/mol. The van der Waals surface area contributed by atoms with Gasteiger partial charge in [-0.3, -0.25) is 9.78 Å². The molecule has 3 N–H and O–H groups in total. The van der Waals surface area contributed by atoms with Gasteiger partial charge in [0.1, 0.15) is 10.7 Å². The molecular weight excluding hydrogens is 274 g/mol. The predicted octanol–water partition coefficient (Wildman–Crippen LogP) is 1.40. The van der Waals surface area contributed by atoms with Gasteiger partial charge >= 0.3 is 0 Å². The van der Waals surface area contributed by atoms with Crippen LogP contribution in [0, 0.1) is 0 Å². The van der Waals surface area contributed by atoms with Crippen LogP contribution in [0.15, 0.2) is 18.3 Å². The standard InChI is InChI=1S/C14H19N3O2S/c15-13(20)10-4-5-12(17-9-10)14(18)16-7-6-11-3-1-2-8-19-11/h4-5,9,11H,1-3,6-8H2,(H2,15,20)(H,16,18). The highest BCUT2D eigenvalue weighted by molar-refractivity contribution is 7.80. The molecule has 1 fully saturated rings. The van der Waals surface area contributed by atoms with E-state index in [-0.39, 0.29) is 17.0 Å². The predicted molar refractivity (Wildman–Crippen MR) is 80.7 cm³/mol. The molecule has 0 spiro atoms. The molecule has 1 atom stereocenters. The molecule has 1 amide bonds. The van der Waals surface area contributed by atoms with E-state index < -0.39 is 0 Å². The zero-order valence-corrected chi connectivity index (χ0v) is 12.1. The number of ether oxygens (including phenoxy) is 1. The summed E-state index contributed by atoms with van der Waals surface area (Å²) in [4.78, 5) is 16.2. The summed E-state index contributed by atoms with van der Waals surface area (Å²) in [5, 5.41) is 2.85. The molecule has 1 aromatic rings. The third-order valence-corrected chi connectivity index (χ3v) is 3.54. The monoisotopic (exact) mass is 293 g/mol. The van der Waals surface area contributed by atoms with E-state index in [4.69, 9.17) is 22.7 Å². The van der Waals surface area contributed by atoms with E-state index in [0.717, 1.165) is 25.9 Å². The molecule has 0 radical (unpaired) electrons. The topological polar surface area (TPSA) is 77.2 Å². The molecule has 2 rings (SSSR count). The molecule has 2 heterocycles. The first-order valence-corrected chi connectivity index (χ1v) is 7.23. The normalized spacial score (nSPS) is 18.5. The Balaban J connectivity index is 1.77. The smallest absolute Gasteiger partial charge is 0.269 e. The van der Waals surface area contributed by atoms with Crippen LogP contribution in [0.25, 0.3) is 0 Å². The van der Waals surface area contributed by atoms with E-state index in [1.54, 1.807) is 12.1 Å². The molecule has 6 heteroatoms. The van der Waals surface area contributed by atoms with Crippen LogP contribution in [0.1, 0.15) is 41.7 Å². The molecule has 1 unspecified atom stereocenters. The minimum atomic E-state index is -0.185. The fraction of sp³-hybridized carbons (Fsp3) is 0.500. The third kappa shape index (κ3) is 4.25. The van der Waals surface area contributed by atoms with Crippen molar-refractivity contribution in [2.24, 2.45) is 5.73 Å². The number of nitrogens with two attached hydrogens (primary N) is 1. The quantitative estimate of drug-likeness (QED) is 0.803. The van der Waals surface area contributed by atoms with Crippen molar-refractivity contribution in [1.29, 1.82) is 0 Å². The van der Waals surface area contributed by atoms with E-state index in [0.29, 0.717) is 17.8 Å². The summed E-state index contributed by atoms with van der Waals surface area (Å²) < 4.78 is 5.61. The van der Waals surface area contributed by atoms with Crippen LogP contribution in [-0.2, 0) is 4.74 Å². The SMILES string of the molecule is NC(=S)c1ccc(C(=O)NCCC2CCCCO2)nc1. The van der Waals surface area contributed by atoms with Gasteiger partial charge in [0.2, 0.25) is 0 Å². The Morgan fingerprint density at radius 1 is 1.50 bits per heavy atom. The Hall–Kier alpha value is -1.53. The largest absolute Gasteiger partial charge is 0.389 e. The van der Waals surface area contributed by atoms with E-state index in [1.807, 2.05) is 0 Å². The molecule has 20 heavy (non-hydrogen) atoms. The van der Waals surface area contributed by atoms with Gasteiger partial charge in [-0.1, -0.05) is 12.2 Å². The number of amides is 1. The molecule has 1 aromatic heterocycles. The first-order valence-electron chi connectivity index (χ1n) is 6.82. The molecule has 1 saturated heterocycles. The summed E-state index contributed by atoms with van der Waals surface area (Å²) in [6, 6.07) is 3.33. The van der Waals surface area contributed by atoms with Crippen molar-refractivity contribution in [3.05, 3.63) is 29.6 Å². The maximum Gasteiger partial charge on any atom is 0.269 e. The number of nitrogens with one attached hydrogen (secondary N) is 1. The summed E-state index contributed by atoms with van der Waals surface area (Å²) in [6.45, 7) is 1.43. The van der Waals surface area contributed by atoms with Gasteiger partial charge in [0.05, 0.1) is 6.10 Å². The van der Waals surface area contributed by atoms with Crippen molar-refractivity contribution in [2.45, 2.75) is 31.8 Å². The molecule has 1 aliphatic rings. The number of nitrogens with zero attached hydrogens (tertiary/aromatic N) is 1. The lowest BCUT2D eigenvalue weighted by Crippen LogP contribution is -2.30. The van der Waals surface area contributed by atoms with Gasteiger partial charge in [-0.2, -0.15) is 0 Å². The molecule has 0 aliphatic carbocycles. The maximum absolute atomic E-state index is 11.9. The summed E-state index contributed by atoms with van der Waals surface area (Å²) in [5.74, 6) is -0.185.